The van der Waals surface area contributed by atoms with Crippen LogP contribution >= 0.6 is 27.5 Å². The third-order valence-electron chi connectivity index (χ3n) is 3.82. The summed E-state index contributed by atoms with van der Waals surface area (Å²) in [5, 5.41) is -0.156. The van der Waals surface area contributed by atoms with Gasteiger partial charge in [0.15, 0.2) is 0 Å². The second-order valence-electron chi connectivity index (χ2n) is 5.27. The van der Waals surface area contributed by atoms with Crippen LogP contribution in [0.2, 0.25) is 0 Å². The first-order chi connectivity index (χ1) is 9.99. The molecule has 3 rings (SSSR count). The van der Waals surface area contributed by atoms with Crippen molar-refractivity contribution in [3.05, 3.63) is 57.8 Å². The summed E-state index contributed by atoms with van der Waals surface area (Å²) >= 11 is 9.87. The lowest BCUT2D eigenvalue weighted by molar-refractivity contribution is 0.877. The average Bonchev–Trinajstić information content (AvgIpc) is 2.80. The van der Waals surface area contributed by atoms with Crippen LogP contribution in [0.4, 0.5) is 0 Å². The first-order valence-electron chi connectivity index (χ1n) is 6.87. The molecular weight excluding hydrogens is 348 g/mol. The van der Waals surface area contributed by atoms with E-state index in [1.54, 1.807) is 0 Å². The summed E-state index contributed by atoms with van der Waals surface area (Å²) < 4.78 is 3.19. The number of nitrogens with zero attached hydrogens (tertiary/aromatic N) is 2. The van der Waals surface area contributed by atoms with Crippen LogP contribution in [-0.2, 0) is 0 Å². The summed E-state index contributed by atoms with van der Waals surface area (Å²) in [4.78, 5) is 4.72. The third-order valence-corrected chi connectivity index (χ3v) is 4.50. The molecule has 0 N–H and O–H groups in total. The highest BCUT2D eigenvalue weighted by molar-refractivity contribution is 9.10. The van der Waals surface area contributed by atoms with Gasteiger partial charge in [0.2, 0.25) is 0 Å². The van der Waals surface area contributed by atoms with Crippen molar-refractivity contribution in [2.45, 2.75) is 26.1 Å². The van der Waals surface area contributed by atoms with Gasteiger partial charge in [-0.25, -0.2) is 4.98 Å². The van der Waals surface area contributed by atoms with Gasteiger partial charge >= 0.3 is 0 Å². The SMILES string of the molecule is Cc1cccc(-n2c(C(C)Cl)nc3cc(Br)ccc32)c1C. The van der Waals surface area contributed by atoms with Crippen molar-refractivity contribution >= 4 is 38.6 Å². The Kier molecular flexibility index (Phi) is 3.80. The van der Waals surface area contributed by atoms with Crippen molar-refractivity contribution in [2.75, 3.05) is 0 Å². The Morgan fingerprint density at radius 3 is 2.67 bits per heavy atom. The van der Waals surface area contributed by atoms with Gasteiger partial charge in [0, 0.05) is 4.47 Å². The standard InChI is InChI=1S/C17H16BrClN2/c1-10-5-4-6-15(11(10)2)21-16-8-7-13(18)9-14(16)20-17(21)12(3)19/h4-9,12H,1-3H3. The van der Waals surface area contributed by atoms with Crippen LogP contribution < -0.4 is 0 Å². The van der Waals surface area contributed by atoms with Crippen LogP contribution in [-0.4, -0.2) is 9.55 Å². The van der Waals surface area contributed by atoms with E-state index in [1.807, 2.05) is 19.1 Å². The Morgan fingerprint density at radius 1 is 1.19 bits per heavy atom. The molecule has 0 saturated carbocycles. The Labute approximate surface area is 137 Å². The van der Waals surface area contributed by atoms with Crippen LogP contribution in [0.15, 0.2) is 40.9 Å². The van der Waals surface area contributed by atoms with Crippen molar-refractivity contribution in [1.82, 2.24) is 9.55 Å². The maximum absolute atomic E-state index is 6.37. The Balaban J connectivity index is 2.39. The molecule has 0 aliphatic rings. The molecule has 0 bridgehead atoms. The van der Waals surface area contributed by atoms with Crippen LogP contribution in [0.25, 0.3) is 16.7 Å². The summed E-state index contributed by atoms with van der Waals surface area (Å²) in [6.45, 7) is 6.22. The predicted octanol–water partition coefficient (Wildman–Crippen LogP) is 5.70. The molecule has 108 valence electrons. The van der Waals surface area contributed by atoms with E-state index < -0.39 is 0 Å². The number of benzene rings is 2. The van der Waals surface area contributed by atoms with E-state index >= 15 is 0 Å². The highest BCUT2D eigenvalue weighted by atomic mass is 79.9. The quantitative estimate of drug-likeness (QED) is 0.534. The van der Waals surface area contributed by atoms with Gasteiger partial charge in [-0.2, -0.15) is 0 Å². The van der Waals surface area contributed by atoms with Gasteiger partial charge in [0.05, 0.1) is 22.1 Å². The van der Waals surface area contributed by atoms with E-state index in [0.717, 1.165) is 27.0 Å². The number of aryl methyl sites for hydroxylation is 1. The van der Waals surface area contributed by atoms with E-state index in [-0.39, 0.29) is 5.38 Å². The largest absolute Gasteiger partial charge is 0.295 e. The summed E-state index contributed by atoms with van der Waals surface area (Å²) in [7, 11) is 0. The van der Waals surface area contributed by atoms with Crippen molar-refractivity contribution in [1.29, 1.82) is 0 Å². The zero-order valence-electron chi connectivity index (χ0n) is 12.2. The van der Waals surface area contributed by atoms with Gasteiger partial charge in [-0.05, 0) is 56.2 Å². The van der Waals surface area contributed by atoms with E-state index in [4.69, 9.17) is 16.6 Å². The maximum Gasteiger partial charge on any atom is 0.132 e. The topological polar surface area (TPSA) is 17.8 Å². The normalized spacial score (nSPS) is 12.8. The zero-order chi connectivity index (χ0) is 15.1. The van der Waals surface area contributed by atoms with Crippen molar-refractivity contribution < 1.29 is 0 Å². The molecule has 0 aliphatic heterocycles. The summed E-state index contributed by atoms with van der Waals surface area (Å²) in [6, 6.07) is 12.5. The fourth-order valence-electron chi connectivity index (χ4n) is 2.57. The number of imidazole rings is 1. The lowest BCUT2D eigenvalue weighted by atomic mass is 10.1. The molecule has 0 spiro atoms. The number of hydrogen-bond acceptors (Lipinski definition) is 1. The molecule has 0 radical (unpaired) electrons. The highest BCUT2D eigenvalue weighted by Gasteiger charge is 2.18. The molecule has 3 aromatic rings. The lowest BCUT2D eigenvalue weighted by Gasteiger charge is -2.14. The number of aromatic nitrogens is 2. The number of halogens is 2. The molecule has 21 heavy (non-hydrogen) atoms. The lowest BCUT2D eigenvalue weighted by Crippen LogP contribution is -2.04. The molecular formula is C17H16BrClN2. The molecule has 4 heteroatoms. The molecule has 0 fully saturated rings. The van der Waals surface area contributed by atoms with Crippen molar-refractivity contribution in [2.24, 2.45) is 0 Å². The van der Waals surface area contributed by atoms with Crippen LogP contribution in [0.1, 0.15) is 29.3 Å². The Bertz CT molecular complexity index is 821. The monoisotopic (exact) mass is 362 g/mol. The number of rotatable bonds is 2. The molecule has 1 atom stereocenters. The molecule has 2 nitrogen and oxygen atoms in total. The van der Waals surface area contributed by atoms with Crippen molar-refractivity contribution in [3.8, 4) is 5.69 Å². The summed E-state index contributed by atoms with van der Waals surface area (Å²) in [5.74, 6) is 0.874. The van der Waals surface area contributed by atoms with Crippen LogP contribution in [0.3, 0.4) is 0 Å². The molecule has 1 aromatic heterocycles. The van der Waals surface area contributed by atoms with Gasteiger partial charge in [-0.15, -0.1) is 11.6 Å². The summed E-state index contributed by atoms with van der Waals surface area (Å²) in [6.07, 6.45) is 0. The minimum Gasteiger partial charge on any atom is -0.295 e. The third kappa shape index (κ3) is 2.49. The highest BCUT2D eigenvalue weighted by Crippen LogP contribution is 2.31. The smallest absolute Gasteiger partial charge is 0.132 e. The van der Waals surface area contributed by atoms with Crippen molar-refractivity contribution in [3.63, 3.8) is 0 Å². The second kappa shape index (κ2) is 5.47. The minimum atomic E-state index is -0.156. The predicted molar refractivity (Wildman–Crippen MR) is 92.5 cm³/mol. The fraction of sp³-hybridized carbons (Fsp3) is 0.235. The molecule has 0 aliphatic carbocycles. The van der Waals surface area contributed by atoms with Gasteiger partial charge in [0.1, 0.15) is 5.82 Å². The minimum absolute atomic E-state index is 0.156. The molecule has 1 unspecified atom stereocenters. The number of alkyl halides is 1. The second-order valence-corrected chi connectivity index (χ2v) is 6.84. The molecule has 1 heterocycles. The maximum atomic E-state index is 6.37. The van der Waals surface area contributed by atoms with E-state index in [9.17, 15) is 0 Å². The van der Waals surface area contributed by atoms with Crippen LogP contribution in [0, 0.1) is 13.8 Å². The molecule has 0 saturated heterocycles. The molecule has 0 amide bonds. The van der Waals surface area contributed by atoms with Gasteiger partial charge < -0.3 is 0 Å². The first kappa shape index (κ1) is 14.6. The Morgan fingerprint density at radius 2 is 1.95 bits per heavy atom. The number of hydrogen-bond donors (Lipinski definition) is 0. The number of fused-ring (bicyclic) bond motifs is 1. The van der Waals surface area contributed by atoms with E-state index in [0.29, 0.717) is 0 Å². The van der Waals surface area contributed by atoms with Crippen LogP contribution in [0.5, 0.6) is 0 Å². The average molecular weight is 364 g/mol. The van der Waals surface area contributed by atoms with E-state index in [2.05, 4.69) is 58.6 Å². The first-order valence-corrected chi connectivity index (χ1v) is 8.10. The van der Waals surface area contributed by atoms with Gasteiger partial charge in [-0.3, -0.25) is 4.57 Å². The zero-order valence-corrected chi connectivity index (χ0v) is 14.5. The fourth-order valence-corrected chi connectivity index (χ4v) is 3.07. The van der Waals surface area contributed by atoms with Gasteiger partial charge in [0.25, 0.3) is 0 Å². The Hall–Kier alpha value is -1.32. The molecule has 2 aromatic carbocycles. The van der Waals surface area contributed by atoms with Gasteiger partial charge in [-0.1, -0.05) is 28.1 Å². The van der Waals surface area contributed by atoms with E-state index in [1.165, 1.54) is 11.1 Å². The summed E-state index contributed by atoms with van der Waals surface area (Å²) in [5.41, 5.74) is 5.68.